The lowest BCUT2D eigenvalue weighted by Crippen LogP contribution is -2.74. The molecule has 0 aliphatic rings. The van der Waals surface area contributed by atoms with E-state index in [9.17, 15) is 29.7 Å². The van der Waals surface area contributed by atoms with E-state index in [-0.39, 0.29) is 25.8 Å². The lowest BCUT2D eigenvalue weighted by molar-refractivity contribution is -0.975. The fourth-order valence-corrected chi connectivity index (χ4v) is 6.09. The average molecular weight is 554 g/mol. The molecule has 0 spiro atoms. The maximum Gasteiger partial charge on any atom is 0.362 e. The van der Waals surface area contributed by atoms with Gasteiger partial charge in [-0.05, 0) is 51.4 Å². The van der Waals surface area contributed by atoms with Crippen molar-refractivity contribution in [2.45, 2.75) is 168 Å². The Labute approximate surface area is 238 Å². The number of unbranched alkanes of at least 4 members (excludes halogenated alkanes) is 11. The Morgan fingerprint density at radius 3 is 1.36 bits per heavy atom. The monoisotopic (exact) mass is 553 g/mol. The molecule has 0 fully saturated rings. The molecule has 39 heavy (non-hydrogen) atoms. The average Bonchev–Trinajstić information content (AvgIpc) is 2.89. The Hall–Kier alpha value is -1.89. The minimum atomic E-state index is -1.34. The standard InChI is InChI=1S/C32H59NO6/c1-5-9-10-11-12-13-14-15-16-17-18-19-20-21-22-26-33(27(23-6-2)30(34)35,28(24-7-3)31(36)37)29(25-8-4)32(38)39/h17-18,27-29H,5-16,19-26H2,1-4H3,(H2-,34,35,36,37,38,39)/b18-17+. The van der Waals surface area contributed by atoms with Crippen LogP contribution in [0, 0.1) is 0 Å². The van der Waals surface area contributed by atoms with Crippen LogP contribution in [0.5, 0.6) is 0 Å². The van der Waals surface area contributed by atoms with Crippen molar-refractivity contribution in [1.82, 2.24) is 0 Å². The molecule has 228 valence electrons. The molecule has 0 saturated carbocycles. The normalized spacial score (nSPS) is 15.6. The van der Waals surface area contributed by atoms with Gasteiger partial charge in [-0.25, -0.2) is 9.59 Å². The molecule has 0 aromatic carbocycles. The van der Waals surface area contributed by atoms with Gasteiger partial charge in [-0.3, -0.25) is 4.48 Å². The molecular weight excluding hydrogens is 494 g/mol. The summed E-state index contributed by atoms with van der Waals surface area (Å²) in [6.07, 6.45) is 21.5. The van der Waals surface area contributed by atoms with Crippen LogP contribution in [-0.4, -0.2) is 57.3 Å². The Morgan fingerprint density at radius 2 is 0.974 bits per heavy atom. The van der Waals surface area contributed by atoms with Crippen molar-refractivity contribution in [2.24, 2.45) is 0 Å². The second-order valence-corrected chi connectivity index (χ2v) is 11.2. The lowest BCUT2D eigenvalue weighted by atomic mass is 9.91. The smallest absolute Gasteiger partial charge is 0.362 e. The van der Waals surface area contributed by atoms with Crippen LogP contribution in [-0.2, 0) is 14.4 Å². The summed E-state index contributed by atoms with van der Waals surface area (Å²) in [4.78, 5) is 37.5. The maximum absolute atomic E-state index is 12.5. The molecule has 3 unspecified atom stereocenters. The van der Waals surface area contributed by atoms with Gasteiger partial charge >= 0.3 is 11.9 Å². The zero-order chi connectivity index (χ0) is 29.5. The second-order valence-electron chi connectivity index (χ2n) is 11.2. The summed E-state index contributed by atoms with van der Waals surface area (Å²) in [6, 6.07) is -3.35. The van der Waals surface area contributed by atoms with Gasteiger partial charge in [0.05, 0.1) is 12.5 Å². The third-order valence-corrected chi connectivity index (χ3v) is 8.08. The van der Waals surface area contributed by atoms with Gasteiger partial charge < -0.3 is 20.1 Å². The van der Waals surface area contributed by atoms with E-state index in [1.807, 2.05) is 20.8 Å². The minimum absolute atomic E-state index is 0.199. The molecule has 2 N–H and O–H groups in total. The molecule has 7 nitrogen and oxygen atoms in total. The molecule has 0 aliphatic carbocycles. The summed E-state index contributed by atoms with van der Waals surface area (Å²) < 4.78 is -0.448. The highest BCUT2D eigenvalue weighted by molar-refractivity contribution is 5.77. The van der Waals surface area contributed by atoms with Crippen LogP contribution >= 0.6 is 0 Å². The van der Waals surface area contributed by atoms with E-state index in [1.54, 1.807) is 0 Å². The number of nitrogens with zero attached hydrogens (tertiary/aromatic N) is 1. The number of carbonyl (C=O) groups excluding carboxylic acids is 1. The van der Waals surface area contributed by atoms with E-state index >= 15 is 0 Å². The zero-order valence-corrected chi connectivity index (χ0v) is 25.5. The maximum atomic E-state index is 12.5. The first-order valence-electron chi connectivity index (χ1n) is 15.9. The van der Waals surface area contributed by atoms with Gasteiger partial charge in [0.15, 0.2) is 12.1 Å². The van der Waals surface area contributed by atoms with E-state index in [2.05, 4.69) is 19.1 Å². The van der Waals surface area contributed by atoms with Crippen molar-refractivity contribution in [3.05, 3.63) is 12.2 Å². The van der Waals surface area contributed by atoms with Crippen LogP contribution in [0.3, 0.4) is 0 Å². The van der Waals surface area contributed by atoms with Crippen molar-refractivity contribution in [1.29, 1.82) is 0 Å². The first-order valence-corrected chi connectivity index (χ1v) is 15.9. The number of carboxylic acids is 3. The third-order valence-electron chi connectivity index (χ3n) is 8.08. The predicted octanol–water partition coefficient (Wildman–Crippen LogP) is 6.88. The van der Waals surface area contributed by atoms with Gasteiger partial charge in [0, 0.05) is 19.3 Å². The second kappa shape index (κ2) is 22.9. The fraction of sp³-hybridized carbons (Fsp3) is 0.844. The minimum Gasteiger partial charge on any atom is -0.544 e. The van der Waals surface area contributed by atoms with Crippen LogP contribution in [0.2, 0.25) is 0 Å². The molecule has 0 aliphatic heterocycles. The quantitative estimate of drug-likeness (QED) is 0.0651. The molecule has 0 aromatic rings. The molecular formula is C32H59NO6. The number of quaternary nitrogens is 1. The summed E-state index contributed by atoms with van der Waals surface area (Å²) in [6.45, 7) is 8.01. The molecule has 0 amide bonds. The van der Waals surface area contributed by atoms with Gasteiger partial charge in [0.2, 0.25) is 0 Å². The topological polar surface area (TPSA) is 115 Å². The molecule has 0 heterocycles. The third kappa shape index (κ3) is 13.8. The van der Waals surface area contributed by atoms with Crippen molar-refractivity contribution in [3.8, 4) is 0 Å². The van der Waals surface area contributed by atoms with Gasteiger partial charge in [-0.1, -0.05) is 91.2 Å². The van der Waals surface area contributed by atoms with Crippen LogP contribution in [0.15, 0.2) is 12.2 Å². The lowest BCUT2D eigenvalue weighted by Gasteiger charge is -2.52. The summed E-state index contributed by atoms with van der Waals surface area (Å²) in [5, 5.41) is 32.9. The van der Waals surface area contributed by atoms with Gasteiger partial charge in [-0.2, -0.15) is 0 Å². The highest BCUT2D eigenvalue weighted by Crippen LogP contribution is 2.34. The summed E-state index contributed by atoms with van der Waals surface area (Å²) in [7, 11) is 0. The van der Waals surface area contributed by atoms with Gasteiger partial charge in [-0.15, -0.1) is 0 Å². The van der Waals surface area contributed by atoms with Crippen molar-refractivity contribution in [3.63, 3.8) is 0 Å². The molecule has 0 radical (unpaired) electrons. The van der Waals surface area contributed by atoms with Crippen molar-refractivity contribution in [2.75, 3.05) is 6.54 Å². The number of aliphatic carboxylic acids is 3. The van der Waals surface area contributed by atoms with Crippen LogP contribution in [0.4, 0.5) is 0 Å². The summed E-state index contributed by atoms with van der Waals surface area (Å²) >= 11 is 0. The van der Waals surface area contributed by atoms with E-state index in [4.69, 9.17) is 0 Å². The Morgan fingerprint density at radius 1 is 0.590 bits per heavy atom. The molecule has 0 rings (SSSR count). The van der Waals surface area contributed by atoms with Gasteiger partial charge in [0.1, 0.15) is 6.04 Å². The highest BCUT2D eigenvalue weighted by Gasteiger charge is 2.54. The number of hydrogen-bond acceptors (Lipinski definition) is 4. The fourth-order valence-electron chi connectivity index (χ4n) is 6.09. The van der Waals surface area contributed by atoms with E-state index in [1.165, 1.54) is 51.4 Å². The van der Waals surface area contributed by atoms with Crippen LogP contribution < -0.4 is 5.11 Å². The SMILES string of the molecule is CCCCCCCCCC/C=C/CCCCC[N+](C(CCC)C(=O)[O-])(C(CCC)C(=O)O)C(CCC)C(=O)O. The van der Waals surface area contributed by atoms with Crippen molar-refractivity contribution >= 4 is 17.9 Å². The van der Waals surface area contributed by atoms with Crippen molar-refractivity contribution < 1.29 is 34.2 Å². The number of allylic oxidation sites excluding steroid dienone is 2. The van der Waals surface area contributed by atoms with Crippen LogP contribution in [0.1, 0.15) is 150 Å². The molecule has 0 bridgehead atoms. The summed E-state index contributed by atoms with van der Waals surface area (Å²) in [5.74, 6) is -3.58. The molecule has 7 heteroatoms. The van der Waals surface area contributed by atoms with E-state index in [0.29, 0.717) is 25.7 Å². The number of carboxylic acid groups (broad SMARTS) is 3. The summed E-state index contributed by atoms with van der Waals surface area (Å²) in [5.41, 5.74) is 0. The zero-order valence-electron chi connectivity index (χ0n) is 25.5. The largest absolute Gasteiger partial charge is 0.544 e. The van der Waals surface area contributed by atoms with E-state index < -0.39 is 40.5 Å². The van der Waals surface area contributed by atoms with Crippen LogP contribution in [0.25, 0.3) is 0 Å². The van der Waals surface area contributed by atoms with E-state index in [0.717, 1.165) is 25.7 Å². The molecule has 3 atom stereocenters. The molecule has 0 saturated heterocycles. The Balaban J connectivity index is 5.28. The number of carbonyl (C=O) groups is 3. The Kier molecular flexibility index (Phi) is 21.8. The predicted molar refractivity (Wildman–Crippen MR) is 156 cm³/mol. The van der Waals surface area contributed by atoms with Gasteiger partial charge in [0.25, 0.3) is 0 Å². The number of hydrogen-bond donors (Lipinski definition) is 2. The molecule has 0 aromatic heterocycles. The highest BCUT2D eigenvalue weighted by atomic mass is 16.4. The first kappa shape index (κ1) is 37.1. The first-order chi connectivity index (χ1) is 18.7. The Bertz CT molecular complexity index is 632. The number of rotatable bonds is 27.